The van der Waals surface area contributed by atoms with Gasteiger partial charge >= 0.3 is 0 Å². The Kier molecular flexibility index (Phi) is 5.41. The highest BCUT2D eigenvalue weighted by Gasteiger charge is 2.15. The summed E-state index contributed by atoms with van der Waals surface area (Å²) in [5.74, 6) is -0.104. The molecule has 2 nitrogen and oxygen atoms in total. The van der Waals surface area contributed by atoms with Crippen molar-refractivity contribution in [2.45, 2.75) is 13.0 Å². The van der Waals surface area contributed by atoms with Gasteiger partial charge in [-0.3, -0.25) is 4.79 Å². The van der Waals surface area contributed by atoms with Crippen LogP contribution in [0.4, 0.5) is 0 Å². The van der Waals surface area contributed by atoms with Gasteiger partial charge < -0.3 is 5.32 Å². The molecule has 0 spiro atoms. The first-order valence-corrected chi connectivity index (χ1v) is 8.37. The summed E-state index contributed by atoms with van der Waals surface area (Å²) < 4.78 is 2.69. The highest BCUT2D eigenvalue weighted by molar-refractivity contribution is 9.11. The topological polar surface area (TPSA) is 29.1 Å². The van der Waals surface area contributed by atoms with E-state index in [4.69, 9.17) is 0 Å². The zero-order chi connectivity index (χ0) is 14.7. The average molecular weight is 462 g/mol. The van der Waals surface area contributed by atoms with Gasteiger partial charge in [0.25, 0.3) is 5.91 Å². The molecule has 1 unspecified atom stereocenters. The molecule has 0 saturated carbocycles. The van der Waals surface area contributed by atoms with Crippen molar-refractivity contribution in [1.29, 1.82) is 0 Å². The zero-order valence-corrected chi connectivity index (χ0v) is 15.4. The molecule has 0 radical (unpaired) electrons. The molecule has 0 aromatic heterocycles. The van der Waals surface area contributed by atoms with Crippen LogP contribution in [0.2, 0.25) is 0 Å². The van der Waals surface area contributed by atoms with E-state index in [9.17, 15) is 4.79 Å². The molecular formula is C15H12Br3NO. The highest BCUT2D eigenvalue weighted by atomic mass is 79.9. The second-order valence-corrected chi connectivity index (χ2v) is 6.97. The standard InChI is InChI=1S/C15H12Br3NO/c1-9(11-4-2-3-5-13(11)17)19-15(20)12-7-6-10(16)8-14(12)18/h2-9H,1H3,(H,19,20). The molecule has 0 aliphatic rings. The van der Waals surface area contributed by atoms with Gasteiger partial charge in [-0.1, -0.05) is 50.1 Å². The molecule has 104 valence electrons. The predicted octanol–water partition coefficient (Wildman–Crippen LogP) is 5.47. The maximum absolute atomic E-state index is 12.3. The van der Waals surface area contributed by atoms with E-state index in [0.29, 0.717) is 5.56 Å². The molecule has 0 bridgehead atoms. The molecular weight excluding hydrogens is 450 g/mol. The molecule has 1 atom stereocenters. The molecule has 2 aromatic carbocycles. The SMILES string of the molecule is CC(NC(=O)c1ccc(Br)cc1Br)c1ccccc1Br. The Morgan fingerprint density at radius 2 is 1.75 bits per heavy atom. The van der Waals surface area contributed by atoms with E-state index in [0.717, 1.165) is 19.0 Å². The lowest BCUT2D eigenvalue weighted by Crippen LogP contribution is -2.27. The Morgan fingerprint density at radius 3 is 2.40 bits per heavy atom. The predicted molar refractivity (Wildman–Crippen MR) is 91.9 cm³/mol. The maximum atomic E-state index is 12.3. The third kappa shape index (κ3) is 3.71. The van der Waals surface area contributed by atoms with Gasteiger partial charge in [0.15, 0.2) is 0 Å². The minimum atomic E-state index is -0.104. The Balaban J connectivity index is 2.17. The Hall–Kier alpha value is -0.650. The van der Waals surface area contributed by atoms with Gasteiger partial charge in [-0.2, -0.15) is 0 Å². The van der Waals surface area contributed by atoms with Crippen LogP contribution >= 0.6 is 47.8 Å². The first-order valence-electron chi connectivity index (χ1n) is 5.99. The van der Waals surface area contributed by atoms with Gasteiger partial charge in [-0.15, -0.1) is 0 Å². The van der Waals surface area contributed by atoms with Gasteiger partial charge in [0.2, 0.25) is 0 Å². The summed E-state index contributed by atoms with van der Waals surface area (Å²) >= 11 is 10.3. The lowest BCUT2D eigenvalue weighted by Gasteiger charge is -2.16. The molecule has 0 aliphatic carbocycles. The van der Waals surface area contributed by atoms with Crippen LogP contribution in [0.1, 0.15) is 28.9 Å². The fraction of sp³-hybridized carbons (Fsp3) is 0.133. The summed E-state index contributed by atoms with van der Waals surface area (Å²) in [6, 6.07) is 13.3. The van der Waals surface area contributed by atoms with E-state index in [1.807, 2.05) is 43.3 Å². The lowest BCUT2D eigenvalue weighted by atomic mass is 10.1. The molecule has 0 fully saturated rings. The fourth-order valence-corrected chi connectivity index (χ4v) is 3.71. The third-order valence-electron chi connectivity index (χ3n) is 2.90. The molecule has 5 heteroatoms. The highest BCUT2D eigenvalue weighted by Crippen LogP contribution is 2.25. The van der Waals surface area contributed by atoms with E-state index in [2.05, 4.69) is 53.1 Å². The second kappa shape index (κ2) is 6.87. The van der Waals surface area contributed by atoms with Gasteiger partial charge in [-0.05, 0) is 52.7 Å². The van der Waals surface area contributed by atoms with Gasteiger partial charge in [-0.25, -0.2) is 0 Å². The quantitative estimate of drug-likeness (QED) is 0.645. The average Bonchev–Trinajstić information content (AvgIpc) is 2.38. The van der Waals surface area contributed by atoms with Crippen LogP contribution in [0.25, 0.3) is 0 Å². The van der Waals surface area contributed by atoms with E-state index < -0.39 is 0 Å². The van der Waals surface area contributed by atoms with Gasteiger partial charge in [0.05, 0.1) is 11.6 Å². The van der Waals surface area contributed by atoms with Crippen molar-refractivity contribution in [3.05, 3.63) is 67.0 Å². The maximum Gasteiger partial charge on any atom is 0.252 e. The number of carbonyl (C=O) groups is 1. The third-order valence-corrected chi connectivity index (χ3v) is 4.77. The van der Waals surface area contributed by atoms with Crippen LogP contribution in [0.5, 0.6) is 0 Å². The summed E-state index contributed by atoms with van der Waals surface area (Å²) in [5, 5.41) is 3.00. The van der Waals surface area contributed by atoms with Crippen molar-refractivity contribution < 1.29 is 4.79 Å². The van der Waals surface area contributed by atoms with E-state index in [1.165, 1.54) is 0 Å². The van der Waals surface area contributed by atoms with Crippen molar-refractivity contribution in [2.75, 3.05) is 0 Å². The lowest BCUT2D eigenvalue weighted by molar-refractivity contribution is 0.0939. The van der Waals surface area contributed by atoms with Crippen molar-refractivity contribution >= 4 is 53.7 Å². The molecule has 2 aromatic rings. The number of hydrogen-bond acceptors (Lipinski definition) is 1. The number of nitrogens with one attached hydrogen (secondary N) is 1. The largest absolute Gasteiger partial charge is 0.345 e. The van der Waals surface area contributed by atoms with E-state index in [-0.39, 0.29) is 11.9 Å². The summed E-state index contributed by atoms with van der Waals surface area (Å²) in [7, 11) is 0. The molecule has 20 heavy (non-hydrogen) atoms. The van der Waals surface area contributed by atoms with Crippen molar-refractivity contribution in [1.82, 2.24) is 5.32 Å². The molecule has 1 amide bonds. The monoisotopic (exact) mass is 459 g/mol. The Morgan fingerprint density at radius 1 is 1.05 bits per heavy atom. The summed E-state index contributed by atoms with van der Waals surface area (Å²) in [5.41, 5.74) is 1.67. The van der Waals surface area contributed by atoms with Crippen LogP contribution in [0, 0.1) is 0 Å². The summed E-state index contributed by atoms with van der Waals surface area (Å²) in [6.07, 6.45) is 0. The molecule has 0 aliphatic heterocycles. The van der Waals surface area contributed by atoms with Crippen LogP contribution in [-0.2, 0) is 0 Å². The molecule has 0 heterocycles. The van der Waals surface area contributed by atoms with Crippen molar-refractivity contribution in [3.8, 4) is 0 Å². The van der Waals surface area contributed by atoms with Crippen molar-refractivity contribution in [2.24, 2.45) is 0 Å². The second-order valence-electron chi connectivity index (χ2n) is 4.34. The van der Waals surface area contributed by atoms with Crippen LogP contribution in [-0.4, -0.2) is 5.91 Å². The molecule has 0 saturated heterocycles. The van der Waals surface area contributed by atoms with Crippen LogP contribution in [0.3, 0.4) is 0 Å². The van der Waals surface area contributed by atoms with Crippen LogP contribution < -0.4 is 5.32 Å². The number of amides is 1. The zero-order valence-electron chi connectivity index (χ0n) is 10.7. The number of rotatable bonds is 3. The smallest absolute Gasteiger partial charge is 0.252 e. The number of hydrogen-bond donors (Lipinski definition) is 1. The Bertz CT molecular complexity index is 643. The minimum absolute atomic E-state index is 0.0754. The van der Waals surface area contributed by atoms with Gasteiger partial charge in [0.1, 0.15) is 0 Å². The van der Waals surface area contributed by atoms with Crippen molar-refractivity contribution in [3.63, 3.8) is 0 Å². The van der Waals surface area contributed by atoms with E-state index in [1.54, 1.807) is 6.07 Å². The first kappa shape index (κ1) is 15.7. The molecule has 2 rings (SSSR count). The van der Waals surface area contributed by atoms with Crippen LogP contribution in [0.15, 0.2) is 55.9 Å². The first-order chi connectivity index (χ1) is 9.49. The summed E-state index contributed by atoms with van der Waals surface area (Å²) in [4.78, 5) is 12.3. The van der Waals surface area contributed by atoms with E-state index >= 15 is 0 Å². The number of halogens is 3. The number of benzene rings is 2. The fourth-order valence-electron chi connectivity index (χ4n) is 1.85. The Labute approximate surface area is 143 Å². The van der Waals surface area contributed by atoms with Gasteiger partial charge in [0, 0.05) is 13.4 Å². The summed E-state index contributed by atoms with van der Waals surface area (Å²) in [6.45, 7) is 1.96. The normalized spacial score (nSPS) is 12.0. The molecule has 1 N–H and O–H groups in total. The number of carbonyl (C=O) groups excluding carboxylic acids is 1. The minimum Gasteiger partial charge on any atom is -0.345 e.